The summed E-state index contributed by atoms with van der Waals surface area (Å²) in [5.41, 5.74) is 8.20. The third-order valence-corrected chi connectivity index (χ3v) is 5.28. The van der Waals surface area contributed by atoms with Gasteiger partial charge in [0.25, 0.3) is 0 Å². The minimum Gasteiger partial charge on any atom is -0.319 e. The number of hydrogen-bond donors (Lipinski definition) is 1. The molecule has 0 amide bonds. The van der Waals surface area contributed by atoms with Gasteiger partial charge in [0.05, 0.1) is 11.2 Å². The van der Waals surface area contributed by atoms with Crippen molar-refractivity contribution in [1.82, 2.24) is 4.98 Å². The van der Waals surface area contributed by atoms with E-state index in [1.807, 2.05) is 0 Å². The molecule has 0 radical (unpaired) electrons. The topological polar surface area (TPSA) is 38.9 Å². The van der Waals surface area contributed by atoms with Crippen LogP contribution < -0.4 is 5.73 Å². The molecule has 1 aliphatic carbocycles. The lowest BCUT2D eigenvalue weighted by molar-refractivity contribution is 0.301. The lowest BCUT2D eigenvalue weighted by Gasteiger charge is -2.31. The second-order valence-electron chi connectivity index (χ2n) is 5.65. The molecule has 0 aliphatic heterocycles. The van der Waals surface area contributed by atoms with Gasteiger partial charge < -0.3 is 5.73 Å². The fourth-order valence-corrected chi connectivity index (χ4v) is 3.98. The van der Waals surface area contributed by atoms with Crippen LogP contribution in [0.15, 0.2) is 24.3 Å². The summed E-state index contributed by atoms with van der Waals surface area (Å²) < 4.78 is 13.0. The molecule has 1 saturated carbocycles. The van der Waals surface area contributed by atoms with Gasteiger partial charge in [0.15, 0.2) is 0 Å². The number of benzene rings is 1. The van der Waals surface area contributed by atoms with Crippen LogP contribution in [0.4, 0.5) is 4.39 Å². The molecule has 0 bridgehead atoms. The Bertz CT molecular complexity index is 597. The molecule has 0 unspecified atom stereocenters. The fourth-order valence-electron chi connectivity index (χ4n) is 2.88. The van der Waals surface area contributed by atoms with Crippen molar-refractivity contribution in [3.05, 3.63) is 40.0 Å². The number of rotatable bonds is 2. The van der Waals surface area contributed by atoms with E-state index in [9.17, 15) is 4.39 Å². The molecule has 0 atom stereocenters. The van der Waals surface area contributed by atoms with Crippen LogP contribution in [0.2, 0.25) is 0 Å². The van der Waals surface area contributed by atoms with E-state index in [-0.39, 0.29) is 11.4 Å². The summed E-state index contributed by atoms with van der Waals surface area (Å²) in [6, 6.07) is 6.52. The predicted molar refractivity (Wildman–Crippen MR) is 81.2 cm³/mol. The molecule has 2 nitrogen and oxygen atoms in total. The van der Waals surface area contributed by atoms with Crippen LogP contribution in [0.25, 0.3) is 11.3 Å². The first-order valence-corrected chi connectivity index (χ1v) is 7.93. The van der Waals surface area contributed by atoms with E-state index in [0.29, 0.717) is 0 Å². The Hall–Kier alpha value is -1.26. The highest BCUT2D eigenvalue weighted by atomic mass is 32.1. The van der Waals surface area contributed by atoms with Crippen LogP contribution in [0.1, 0.15) is 42.0 Å². The van der Waals surface area contributed by atoms with Crippen molar-refractivity contribution in [3.63, 3.8) is 0 Å². The van der Waals surface area contributed by atoms with Gasteiger partial charge in [-0.15, -0.1) is 11.3 Å². The molecular weight excluding hydrogens is 271 g/mol. The lowest BCUT2D eigenvalue weighted by atomic mass is 9.83. The first kappa shape index (κ1) is 13.7. The maximum atomic E-state index is 13.0. The largest absolute Gasteiger partial charge is 0.319 e. The second-order valence-corrected chi connectivity index (χ2v) is 6.85. The second kappa shape index (κ2) is 5.26. The maximum absolute atomic E-state index is 13.0. The van der Waals surface area contributed by atoms with E-state index in [2.05, 4.69) is 6.92 Å². The van der Waals surface area contributed by atoms with Gasteiger partial charge in [-0.25, -0.2) is 9.37 Å². The summed E-state index contributed by atoms with van der Waals surface area (Å²) >= 11 is 1.69. The zero-order valence-electron chi connectivity index (χ0n) is 11.7. The Balaban J connectivity index is 1.96. The van der Waals surface area contributed by atoms with Gasteiger partial charge in [-0.1, -0.05) is 19.3 Å². The summed E-state index contributed by atoms with van der Waals surface area (Å²) in [5.74, 6) is -0.218. The van der Waals surface area contributed by atoms with Gasteiger partial charge >= 0.3 is 0 Å². The van der Waals surface area contributed by atoms with Crippen molar-refractivity contribution < 1.29 is 4.39 Å². The Morgan fingerprint density at radius 1 is 1.15 bits per heavy atom. The highest BCUT2D eigenvalue weighted by Crippen LogP contribution is 2.39. The summed E-state index contributed by atoms with van der Waals surface area (Å²) in [5, 5.41) is 1.04. The number of thiazole rings is 1. The zero-order valence-corrected chi connectivity index (χ0v) is 12.5. The quantitative estimate of drug-likeness (QED) is 0.891. The number of halogens is 1. The fraction of sp³-hybridized carbons (Fsp3) is 0.438. The van der Waals surface area contributed by atoms with Crippen LogP contribution in [0, 0.1) is 12.7 Å². The smallest absolute Gasteiger partial charge is 0.123 e. The highest BCUT2D eigenvalue weighted by Gasteiger charge is 2.33. The van der Waals surface area contributed by atoms with Gasteiger partial charge in [-0.2, -0.15) is 0 Å². The third-order valence-electron chi connectivity index (χ3n) is 4.09. The van der Waals surface area contributed by atoms with Crippen LogP contribution in [-0.2, 0) is 5.54 Å². The molecular formula is C16H19FN2S. The van der Waals surface area contributed by atoms with Gasteiger partial charge in [0.1, 0.15) is 10.8 Å². The molecule has 20 heavy (non-hydrogen) atoms. The number of aryl methyl sites for hydroxylation is 1. The van der Waals surface area contributed by atoms with Crippen molar-refractivity contribution in [3.8, 4) is 11.3 Å². The minimum absolute atomic E-state index is 0.218. The molecule has 1 heterocycles. The lowest BCUT2D eigenvalue weighted by Crippen LogP contribution is -2.38. The van der Waals surface area contributed by atoms with Gasteiger partial charge in [0, 0.05) is 10.4 Å². The average molecular weight is 290 g/mol. The summed E-state index contributed by atoms with van der Waals surface area (Å²) in [4.78, 5) is 5.93. The van der Waals surface area contributed by atoms with E-state index < -0.39 is 0 Å². The first-order chi connectivity index (χ1) is 9.58. The molecule has 2 aromatic rings. The minimum atomic E-state index is -0.258. The SMILES string of the molecule is Cc1sc(C2(N)CCCCC2)nc1-c1ccc(F)cc1. The summed E-state index contributed by atoms with van der Waals surface area (Å²) in [6.45, 7) is 2.06. The molecule has 1 aromatic heterocycles. The van der Waals surface area contributed by atoms with E-state index in [4.69, 9.17) is 10.7 Å². The molecule has 0 spiro atoms. The van der Waals surface area contributed by atoms with Crippen molar-refractivity contribution >= 4 is 11.3 Å². The van der Waals surface area contributed by atoms with Gasteiger partial charge in [0.2, 0.25) is 0 Å². The van der Waals surface area contributed by atoms with Crippen LogP contribution in [0.3, 0.4) is 0 Å². The van der Waals surface area contributed by atoms with E-state index in [0.717, 1.165) is 34.0 Å². The number of aromatic nitrogens is 1. The Morgan fingerprint density at radius 3 is 2.45 bits per heavy atom. The third kappa shape index (κ3) is 2.50. The van der Waals surface area contributed by atoms with E-state index in [1.165, 1.54) is 31.4 Å². The van der Waals surface area contributed by atoms with Gasteiger partial charge in [-0.05, 0) is 44.0 Å². The van der Waals surface area contributed by atoms with E-state index >= 15 is 0 Å². The number of nitrogens with zero attached hydrogens (tertiary/aromatic N) is 1. The molecule has 2 N–H and O–H groups in total. The molecule has 4 heteroatoms. The molecule has 106 valence electrons. The Kier molecular flexibility index (Phi) is 3.61. The molecule has 1 aromatic carbocycles. The highest BCUT2D eigenvalue weighted by molar-refractivity contribution is 7.12. The monoisotopic (exact) mass is 290 g/mol. The zero-order chi connectivity index (χ0) is 14.2. The molecule has 1 aliphatic rings. The summed E-state index contributed by atoms with van der Waals surface area (Å²) in [7, 11) is 0. The molecule has 3 rings (SSSR count). The van der Waals surface area contributed by atoms with E-state index in [1.54, 1.807) is 23.5 Å². The first-order valence-electron chi connectivity index (χ1n) is 7.11. The number of hydrogen-bond acceptors (Lipinski definition) is 3. The van der Waals surface area contributed by atoms with Crippen LogP contribution in [-0.4, -0.2) is 4.98 Å². The standard InChI is InChI=1S/C16H19FN2S/c1-11-14(12-5-7-13(17)8-6-12)19-15(20-11)16(18)9-3-2-4-10-16/h5-8H,2-4,9-10,18H2,1H3. The maximum Gasteiger partial charge on any atom is 0.123 e. The van der Waals surface area contributed by atoms with Crippen LogP contribution in [0.5, 0.6) is 0 Å². The molecule has 0 saturated heterocycles. The van der Waals surface area contributed by atoms with Crippen molar-refractivity contribution in [2.75, 3.05) is 0 Å². The van der Waals surface area contributed by atoms with Crippen molar-refractivity contribution in [2.45, 2.75) is 44.6 Å². The number of nitrogens with two attached hydrogens (primary N) is 1. The molecule has 1 fully saturated rings. The van der Waals surface area contributed by atoms with Crippen molar-refractivity contribution in [1.29, 1.82) is 0 Å². The van der Waals surface area contributed by atoms with Gasteiger partial charge in [-0.3, -0.25) is 0 Å². The summed E-state index contributed by atoms with van der Waals surface area (Å²) in [6.07, 6.45) is 5.67. The Morgan fingerprint density at radius 2 is 1.80 bits per heavy atom. The predicted octanol–water partition coefficient (Wildman–Crippen LogP) is 4.38. The Labute approximate surface area is 122 Å². The van der Waals surface area contributed by atoms with Crippen molar-refractivity contribution in [2.24, 2.45) is 5.73 Å². The average Bonchev–Trinajstić information content (AvgIpc) is 2.83. The van der Waals surface area contributed by atoms with Crippen LogP contribution >= 0.6 is 11.3 Å². The normalized spacial score (nSPS) is 18.1.